The molecule has 1 saturated heterocycles. The van der Waals surface area contributed by atoms with Crippen LogP contribution >= 0.6 is 23.4 Å². The van der Waals surface area contributed by atoms with E-state index in [9.17, 15) is 4.79 Å². The molecule has 5 heteroatoms. The average molecular weight is 327 g/mol. The van der Waals surface area contributed by atoms with Gasteiger partial charge in [-0.1, -0.05) is 24.4 Å². The van der Waals surface area contributed by atoms with Gasteiger partial charge in [-0.05, 0) is 43.9 Å². The normalized spacial score (nSPS) is 24.3. The molecule has 1 aromatic carbocycles. The van der Waals surface area contributed by atoms with Crippen molar-refractivity contribution in [3.63, 3.8) is 0 Å². The lowest BCUT2D eigenvalue weighted by atomic mass is 9.92. The molecule has 1 aliphatic carbocycles. The molecule has 3 nitrogen and oxygen atoms in total. The van der Waals surface area contributed by atoms with Crippen molar-refractivity contribution in [2.24, 2.45) is 0 Å². The molecule has 2 fully saturated rings. The van der Waals surface area contributed by atoms with Gasteiger partial charge >= 0.3 is 5.97 Å². The van der Waals surface area contributed by atoms with Gasteiger partial charge in [-0.2, -0.15) is 0 Å². The summed E-state index contributed by atoms with van der Waals surface area (Å²) >= 11 is 7.69. The number of halogens is 1. The number of rotatable bonds is 3. The highest BCUT2D eigenvalue weighted by atomic mass is 35.5. The van der Waals surface area contributed by atoms with E-state index in [1.807, 2.05) is 6.07 Å². The summed E-state index contributed by atoms with van der Waals surface area (Å²) in [5.41, 5.74) is 0.280. The van der Waals surface area contributed by atoms with E-state index in [-0.39, 0.29) is 11.2 Å². The Morgan fingerprint density at radius 2 is 2.14 bits per heavy atom. The molecule has 114 valence electrons. The van der Waals surface area contributed by atoms with Crippen LogP contribution in [0.1, 0.15) is 48.9 Å². The Hall–Kier alpha value is -0.710. The lowest BCUT2D eigenvalue weighted by molar-refractivity contribution is -0.0704. The zero-order chi connectivity index (χ0) is 14.9. The van der Waals surface area contributed by atoms with Gasteiger partial charge in [0, 0.05) is 16.8 Å². The number of hydrogen-bond donors (Lipinski definition) is 1. The first-order valence-electron chi connectivity index (χ1n) is 7.41. The molecule has 1 atom stereocenters. The van der Waals surface area contributed by atoms with Crippen molar-refractivity contribution in [3.8, 4) is 0 Å². The highest BCUT2D eigenvalue weighted by molar-refractivity contribution is 8.00. The van der Waals surface area contributed by atoms with Crippen molar-refractivity contribution in [1.29, 1.82) is 0 Å². The monoisotopic (exact) mass is 326 g/mol. The minimum atomic E-state index is -0.971. The molecule has 2 aliphatic rings. The van der Waals surface area contributed by atoms with Gasteiger partial charge in [0.2, 0.25) is 0 Å². The van der Waals surface area contributed by atoms with Gasteiger partial charge in [-0.25, -0.2) is 4.79 Å². The van der Waals surface area contributed by atoms with Crippen molar-refractivity contribution in [2.75, 3.05) is 6.61 Å². The Balaban J connectivity index is 1.71. The van der Waals surface area contributed by atoms with Crippen molar-refractivity contribution >= 4 is 29.3 Å². The first-order chi connectivity index (χ1) is 10.1. The molecular weight excluding hydrogens is 308 g/mol. The molecule has 1 aromatic rings. The zero-order valence-corrected chi connectivity index (χ0v) is 13.4. The quantitative estimate of drug-likeness (QED) is 0.880. The lowest BCUT2D eigenvalue weighted by Gasteiger charge is -2.38. The van der Waals surface area contributed by atoms with E-state index >= 15 is 0 Å². The van der Waals surface area contributed by atoms with Gasteiger partial charge in [-0.3, -0.25) is 0 Å². The van der Waals surface area contributed by atoms with Crippen LogP contribution in [0.5, 0.6) is 0 Å². The molecule has 0 radical (unpaired) electrons. The van der Waals surface area contributed by atoms with Crippen LogP contribution in [0.4, 0.5) is 0 Å². The van der Waals surface area contributed by atoms with Crippen LogP contribution in [0.25, 0.3) is 0 Å². The van der Waals surface area contributed by atoms with E-state index in [0.29, 0.717) is 10.3 Å². The van der Waals surface area contributed by atoms with Crippen LogP contribution in [0.3, 0.4) is 0 Å². The molecule has 1 saturated carbocycles. The predicted octanol–water partition coefficient (Wildman–Crippen LogP) is 4.62. The molecule has 1 heterocycles. The second-order valence-electron chi connectivity index (χ2n) is 5.92. The minimum Gasteiger partial charge on any atom is -0.478 e. The van der Waals surface area contributed by atoms with E-state index in [0.717, 1.165) is 24.3 Å². The van der Waals surface area contributed by atoms with E-state index in [1.54, 1.807) is 23.9 Å². The number of carboxylic acids is 1. The summed E-state index contributed by atoms with van der Waals surface area (Å²) in [5.74, 6) is -0.971. The average Bonchev–Trinajstić information content (AvgIpc) is 2.88. The maximum absolute atomic E-state index is 11.2. The number of benzene rings is 1. The third kappa shape index (κ3) is 3.38. The Labute approximate surface area is 134 Å². The Morgan fingerprint density at radius 3 is 2.86 bits per heavy atom. The van der Waals surface area contributed by atoms with Gasteiger partial charge < -0.3 is 9.84 Å². The van der Waals surface area contributed by atoms with Crippen LogP contribution in [-0.2, 0) is 4.74 Å². The molecule has 3 rings (SSSR count). The Kier molecular flexibility index (Phi) is 4.48. The topological polar surface area (TPSA) is 46.5 Å². The van der Waals surface area contributed by atoms with E-state index in [2.05, 4.69) is 0 Å². The van der Waals surface area contributed by atoms with Crippen molar-refractivity contribution in [3.05, 3.63) is 28.8 Å². The van der Waals surface area contributed by atoms with E-state index in [4.69, 9.17) is 21.4 Å². The Bertz CT molecular complexity index is 540. The summed E-state index contributed by atoms with van der Waals surface area (Å²) < 4.78 is 6.05. The van der Waals surface area contributed by atoms with Gasteiger partial charge in [0.25, 0.3) is 0 Å². The third-order valence-electron chi connectivity index (χ3n) is 4.43. The van der Waals surface area contributed by atoms with Crippen LogP contribution in [0, 0.1) is 0 Å². The number of thioether (sulfide) groups is 1. The van der Waals surface area contributed by atoms with Gasteiger partial charge in [0.05, 0.1) is 16.2 Å². The van der Waals surface area contributed by atoms with E-state index < -0.39 is 5.97 Å². The molecule has 1 spiro atoms. The smallest absolute Gasteiger partial charge is 0.337 e. The number of carboxylic acid groups (broad SMARTS) is 1. The zero-order valence-electron chi connectivity index (χ0n) is 11.8. The predicted molar refractivity (Wildman–Crippen MR) is 84.4 cm³/mol. The molecule has 1 unspecified atom stereocenters. The maximum Gasteiger partial charge on any atom is 0.337 e. The Morgan fingerprint density at radius 1 is 1.38 bits per heavy atom. The third-order valence-corrected chi connectivity index (χ3v) is 6.02. The molecule has 0 aromatic heterocycles. The number of ether oxygens (including phenoxy) is 1. The lowest BCUT2D eigenvalue weighted by Crippen LogP contribution is -2.38. The summed E-state index contributed by atoms with van der Waals surface area (Å²) in [5, 5.41) is 9.95. The number of carbonyl (C=O) groups is 1. The summed E-state index contributed by atoms with van der Waals surface area (Å²) in [7, 11) is 0. The number of hydrogen-bond acceptors (Lipinski definition) is 3. The molecule has 1 N–H and O–H groups in total. The molecule has 21 heavy (non-hydrogen) atoms. The molecular formula is C16H19ClO3S. The summed E-state index contributed by atoms with van der Waals surface area (Å²) in [6.07, 6.45) is 6.97. The molecule has 0 bridgehead atoms. The maximum atomic E-state index is 11.2. The summed E-state index contributed by atoms with van der Waals surface area (Å²) in [6.45, 7) is 0.817. The molecule has 1 aliphatic heterocycles. The highest BCUT2D eigenvalue weighted by Gasteiger charge is 2.40. The van der Waals surface area contributed by atoms with Gasteiger partial charge in [-0.15, -0.1) is 11.8 Å². The van der Waals surface area contributed by atoms with Crippen LogP contribution < -0.4 is 0 Å². The first kappa shape index (κ1) is 15.2. The van der Waals surface area contributed by atoms with Crippen LogP contribution in [0.15, 0.2) is 23.1 Å². The standard InChI is InChI=1S/C16H19ClO3S/c17-14-4-3-11(9-13(14)15(18)19)21-12-5-8-20-16(10-12)6-1-2-7-16/h3-4,9,12H,1-2,5-8,10H2,(H,18,19). The van der Waals surface area contributed by atoms with Crippen LogP contribution in [-0.4, -0.2) is 28.5 Å². The van der Waals surface area contributed by atoms with E-state index in [1.165, 1.54) is 25.7 Å². The van der Waals surface area contributed by atoms with Crippen LogP contribution in [0.2, 0.25) is 5.02 Å². The first-order valence-corrected chi connectivity index (χ1v) is 8.67. The minimum absolute atomic E-state index is 0.0952. The second-order valence-corrected chi connectivity index (χ2v) is 7.70. The summed E-state index contributed by atoms with van der Waals surface area (Å²) in [4.78, 5) is 12.1. The van der Waals surface area contributed by atoms with Crippen molar-refractivity contribution in [2.45, 2.75) is 54.3 Å². The van der Waals surface area contributed by atoms with Gasteiger partial charge in [0.1, 0.15) is 0 Å². The number of aromatic carboxylic acids is 1. The fourth-order valence-corrected chi connectivity index (χ4v) is 4.90. The largest absolute Gasteiger partial charge is 0.478 e. The highest BCUT2D eigenvalue weighted by Crippen LogP contribution is 2.44. The van der Waals surface area contributed by atoms with Crippen molar-refractivity contribution in [1.82, 2.24) is 0 Å². The fraction of sp³-hybridized carbons (Fsp3) is 0.562. The SMILES string of the molecule is O=C(O)c1cc(SC2CCOC3(CCCC3)C2)ccc1Cl. The second kappa shape index (κ2) is 6.19. The molecule has 0 amide bonds. The fourth-order valence-electron chi connectivity index (χ4n) is 3.39. The van der Waals surface area contributed by atoms with Gasteiger partial charge in [0.15, 0.2) is 0 Å². The van der Waals surface area contributed by atoms with Crippen molar-refractivity contribution < 1.29 is 14.6 Å². The summed E-state index contributed by atoms with van der Waals surface area (Å²) in [6, 6.07) is 5.28.